The average molecular weight is 418 g/mol. The van der Waals surface area contributed by atoms with E-state index in [0.29, 0.717) is 22.5 Å². The lowest BCUT2D eigenvalue weighted by Gasteiger charge is -2.05. The van der Waals surface area contributed by atoms with Crippen molar-refractivity contribution in [3.63, 3.8) is 0 Å². The van der Waals surface area contributed by atoms with Crippen LogP contribution < -0.4 is 0 Å². The van der Waals surface area contributed by atoms with Gasteiger partial charge in [0.1, 0.15) is 23.5 Å². The third-order valence-corrected chi connectivity index (χ3v) is 3.94. The summed E-state index contributed by atoms with van der Waals surface area (Å²) < 4.78 is 1.64. The molecule has 108 valence electrons. The van der Waals surface area contributed by atoms with E-state index in [1.807, 2.05) is 26.0 Å². The molecule has 0 aromatic heterocycles. The lowest BCUT2D eigenvalue weighted by atomic mass is 10.1. The second-order valence-electron chi connectivity index (χ2n) is 4.66. The highest BCUT2D eigenvalue weighted by Gasteiger charge is 2.10. The Balaban J connectivity index is 2.56. The maximum atomic E-state index is 9.23. The summed E-state index contributed by atoms with van der Waals surface area (Å²) in [6.45, 7) is 3.72. The number of nitriles is 2. The van der Waals surface area contributed by atoms with Crippen molar-refractivity contribution in [2.75, 3.05) is 0 Å². The van der Waals surface area contributed by atoms with Gasteiger partial charge in [-0.25, -0.2) is 0 Å². The van der Waals surface area contributed by atoms with Gasteiger partial charge in [0.25, 0.3) is 0 Å². The predicted molar refractivity (Wildman–Crippen MR) is 91.4 cm³/mol. The topological polar surface area (TPSA) is 72.3 Å². The van der Waals surface area contributed by atoms with Crippen LogP contribution in [0.5, 0.6) is 0 Å². The molecule has 0 saturated carbocycles. The summed E-state index contributed by atoms with van der Waals surface area (Å²) in [6.07, 6.45) is 0. The van der Waals surface area contributed by atoms with Crippen molar-refractivity contribution >= 4 is 43.2 Å². The van der Waals surface area contributed by atoms with Gasteiger partial charge in [0.05, 0.1) is 11.1 Å². The molecule has 0 N–H and O–H groups in total. The highest BCUT2D eigenvalue weighted by molar-refractivity contribution is 9.10. The number of hydrogen-bond donors (Lipinski definition) is 0. The fraction of sp³-hybridized carbons (Fsp3) is 0.125. The van der Waals surface area contributed by atoms with Crippen LogP contribution in [0.2, 0.25) is 0 Å². The fourth-order valence-corrected chi connectivity index (χ4v) is 3.15. The Morgan fingerprint density at radius 3 is 1.45 bits per heavy atom. The molecule has 0 aliphatic carbocycles. The molecule has 2 aromatic carbocycles. The lowest BCUT2D eigenvalue weighted by Crippen LogP contribution is -1.84. The first kappa shape index (κ1) is 16.4. The molecule has 0 atom stereocenters. The van der Waals surface area contributed by atoms with Gasteiger partial charge in [0.15, 0.2) is 0 Å². The molecule has 0 aliphatic rings. The van der Waals surface area contributed by atoms with E-state index in [0.717, 1.165) is 20.1 Å². The van der Waals surface area contributed by atoms with Crippen LogP contribution in [0.1, 0.15) is 22.3 Å². The molecule has 0 fully saturated rings. The lowest BCUT2D eigenvalue weighted by molar-refractivity contribution is 1.17. The monoisotopic (exact) mass is 416 g/mol. The summed E-state index contributed by atoms with van der Waals surface area (Å²) in [4.78, 5) is 0. The van der Waals surface area contributed by atoms with Crippen molar-refractivity contribution in [2.24, 2.45) is 10.2 Å². The standard InChI is InChI=1S/C16H10Br2N4/c1-9-3-13(17)5-11(7-19)15(9)21-22-16-10(2)4-14(18)6-12(16)8-20/h3-6H,1-2H3. The smallest absolute Gasteiger partial charge is 0.106 e. The first-order valence-corrected chi connectivity index (χ1v) is 7.87. The zero-order valence-electron chi connectivity index (χ0n) is 11.9. The minimum atomic E-state index is 0.434. The fourth-order valence-electron chi connectivity index (χ4n) is 2.01. The maximum Gasteiger partial charge on any atom is 0.106 e. The number of halogens is 2. The van der Waals surface area contributed by atoms with Crippen molar-refractivity contribution < 1.29 is 0 Å². The van der Waals surface area contributed by atoms with Gasteiger partial charge in [-0.05, 0) is 49.2 Å². The summed E-state index contributed by atoms with van der Waals surface area (Å²) in [5.41, 5.74) is 3.56. The van der Waals surface area contributed by atoms with Crippen LogP contribution in [-0.2, 0) is 0 Å². The van der Waals surface area contributed by atoms with Crippen LogP contribution in [0.3, 0.4) is 0 Å². The third-order valence-electron chi connectivity index (χ3n) is 3.02. The Labute approximate surface area is 145 Å². The first-order chi connectivity index (χ1) is 10.5. The molecular weight excluding hydrogens is 408 g/mol. The molecule has 0 bridgehead atoms. The van der Waals surface area contributed by atoms with Crippen molar-refractivity contribution in [3.05, 3.63) is 55.5 Å². The molecule has 0 amide bonds. The average Bonchev–Trinajstić information content (AvgIpc) is 2.46. The summed E-state index contributed by atoms with van der Waals surface area (Å²) in [7, 11) is 0. The van der Waals surface area contributed by atoms with Crippen LogP contribution >= 0.6 is 31.9 Å². The van der Waals surface area contributed by atoms with Crippen LogP contribution in [0, 0.1) is 36.5 Å². The van der Waals surface area contributed by atoms with Gasteiger partial charge in [-0.1, -0.05) is 31.9 Å². The highest BCUT2D eigenvalue weighted by Crippen LogP contribution is 2.32. The highest BCUT2D eigenvalue weighted by atomic mass is 79.9. The number of aryl methyl sites for hydroxylation is 2. The van der Waals surface area contributed by atoms with Crippen LogP contribution in [-0.4, -0.2) is 0 Å². The Hall–Kier alpha value is -2.02. The summed E-state index contributed by atoms with van der Waals surface area (Å²) in [5.74, 6) is 0. The minimum absolute atomic E-state index is 0.434. The maximum absolute atomic E-state index is 9.23. The van der Waals surface area contributed by atoms with Gasteiger partial charge >= 0.3 is 0 Å². The molecule has 0 radical (unpaired) electrons. The van der Waals surface area contributed by atoms with E-state index in [-0.39, 0.29) is 0 Å². The van der Waals surface area contributed by atoms with Gasteiger partial charge in [0.2, 0.25) is 0 Å². The van der Waals surface area contributed by atoms with Crippen LogP contribution in [0.4, 0.5) is 11.4 Å². The largest absolute Gasteiger partial charge is 0.192 e. The second kappa shape index (κ2) is 6.83. The molecule has 2 aromatic rings. The van der Waals surface area contributed by atoms with E-state index in [1.54, 1.807) is 12.1 Å². The van der Waals surface area contributed by atoms with Gasteiger partial charge in [-0.3, -0.25) is 0 Å². The number of hydrogen-bond acceptors (Lipinski definition) is 4. The van der Waals surface area contributed by atoms with Gasteiger partial charge in [-0.15, -0.1) is 10.2 Å². The van der Waals surface area contributed by atoms with E-state index in [9.17, 15) is 10.5 Å². The molecule has 0 heterocycles. The summed E-state index contributed by atoms with van der Waals surface area (Å²) in [5, 5.41) is 26.9. The predicted octanol–water partition coefficient (Wildman–Crippen LogP) is 5.99. The van der Waals surface area contributed by atoms with Crippen molar-refractivity contribution in [1.29, 1.82) is 10.5 Å². The van der Waals surface area contributed by atoms with E-state index >= 15 is 0 Å². The van der Waals surface area contributed by atoms with Crippen LogP contribution in [0.15, 0.2) is 43.4 Å². The molecule has 6 heteroatoms. The first-order valence-electron chi connectivity index (χ1n) is 6.28. The van der Waals surface area contributed by atoms with E-state index in [1.165, 1.54) is 0 Å². The molecule has 0 saturated heterocycles. The van der Waals surface area contributed by atoms with Crippen molar-refractivity contribution in [1.82, 2.24) is 0 Å². The number of azo groups is 1. The normalized spacial score (nSPS) is 10.5. The van der Waals surface area contributed by atoms with Gasteiger partial charge in [0, 0.05) is 8.95 Å². The molecule has 0 aliphatic heterocycles. The molecule has 22 heavy (non-hydrogen) atoms. The van der Waals surface area contributed by atoms with Crippen LogP contribution in [0.25, 0.3) is 0 Å². The Morgan fingerprint density at radius 2 is 1.14 bits per heavy atom. The van der Waals surface area contributed by atoms with E-state index in [4.69, 9.17) is 0 Å². The molecule has 0 unspecified atom stereocenters. The van der Waals surface area contributed by atoms with E-state index < -0.39 is 0 Å². The van der Waals surface area contributed by atoms with Crippen molar-refractivity contribution in [3.8, 4) is 12.1 Å². The quantitative estimate of drug-likeness (QED) is 0.563. The summed E-state index contributed by atoms with van der Waals surface area (Å²) in [6, 6.07) is 11.3. The third kappa shape index (κ3) is 3.41. The Bertz CT molecular complexity index is 786. The van der Waals surface area contributed by atoms with Gasteiger partial charge in [-0.2, -0.15) is 10.5 Å². The van der Waals surface area contributed by atoms with Crippen molar-refractivity contribution in [2.45, 2.75) is 13.8 Å². The second-order valence-corrected chi connectivity index (χ2v) is 6.49. The Morgan fingerprint density at radius 1 is 0.773 bits per heavy atom. The minimum Gasteiger partial charge on any atom is -0.192 e. The SMILES string of the molecule is Cc1cc(Br)cc(C#N)c1N=Nc1c(C)cc(Br)cc1C#N. The zero-order valence-corrected chi connectivity index (χ0v) is 15.0. The number of rotatable bonds is 2. The molecule has 2 rings (SSSR count). The Kier molecular flexibility index (Phi) is 5.07. The van der Waals surface area contributed by atoms with Gasteiger partial charge < -0.3 is 0 Å². The molecular formula is C16H10Br2N4. The zero-order chi connectivity index (χ0) is 16.3. The van der Waals surface area contributed by atoms with E-state index in [2.05, 4.69) is 54.2 Å². The summed E-state index contributed by atoms with van der Waals surface area (Å²) >= 11 is 6.71. The number of benzene rings is 2. The number of nitrogens with zero attached hydrogens (tertiary/aromatic N) is 4. The molecule has 0 spiro atoms. The molecule has 4 nitrogen and oxygen atoms in total.